The molecule has 1 saturated heterocycles. The highest BCUT2D eigenvalue weighted by atomic mass is 35.5. The molecule has 132 valence electrons. The SMILES string of the molecule is NC(=O)Cn1ccnc1[C@H]1CCCN(C(=O)Cc2cccc(Cl)c2)C1. The van der Waals surface area contributed by atoms with Crippen molar-refractivity contribution in [2.45, 2.75) is 31.7 Å². The summed E-state index contributed by atoms with van der Waals surface area (Å²) in [7, 11) is 0. The Labute approximate surface area is 151 Å². The highest BCUT2D eigenvalue weighted by molar-refractivity contribution is 6.30. The second-order valence-electron chi connectivity index (χ2n) is 6.37. The lowest BCUT2D eigenvalue weighted by Gasteiger charge is -2.32. The number of nitrogens with two attached hydrogens (primary N) is 1. The molecule has 1 aliphatic heterocycles. The van der Waals surface area contributed by atoms with Gasteiger partial charge < -0.3 is 15.2 Å². The number of imidazole rings is 1. The van der Waals surface area contributed by atoms with Gasteiger partial charge in [0.15, 0.2) is 0 Å². The third-order valence-corrected chi connectivity index (χ3v) is 4.69. The highest BCUT2D eigenvalue weighted by Crippen LogP contribution is 2.26. The Kier molecular flexibility index (Phi) is 5.38. The zero-order valence-electron chi connectivity index (χ0n) is 13.9. The number of benzene rings is 1. The summed E-state index contributed by atoms with van der Waals surface area (Å²) >= 11 is 5.99. The molecule has 0 aliphatic carbocycles. The van der Waals surface area contributed by atoms with Gasteiger partial charge in [-0.05, 0) is 30.5 Å². The number of rotatable bonds is 5. The third-order valence-electron chi connectivity index (χ3n) is 4.46. The fourth-order valence-corrected chi connectivity index (χ4v) is 3.54. The molecular formula is C18H21ClN4O2. The molecule has 1 aliphatic rings. The van der Waals surface area contributed by atoms with Crippen LogP contribution in [-0.4, -0.2) is 39.4 Å². The maximum atomic E-state index is 12.6. The summed E-state index contributed by atoms with van der Waals surface area (Å²) < 4.78 is 1.78. The van der Waals surface area contributed by atoms with Gasteiger partial charge in [-0.25, -0.2) is 4.98 Å². The van der Waals surface area contributed by atoms with Crippen LogP contribution in [0.2, 0.25) is 5.02 Å². The Bertz CT molecular complexity index is 774. The van der Waals surface area contributed by atoms with Crippen molar-refractivity contribution in [2.75, 3.05) is 13.1 Å². The van der Waals surface area contributed by atoms with Gasteiger partial charge in [0, 0.05) is 36.4 Å². The van der Waals surface area contributed by atoms with E-state index in [-0.39, 0.29) is 18.4 Å². The normalized spacial score (nSPS) is 17.5. The number of nitrogens with zero attached hydrogens (tertiary/aromatic N) is 3. The molecule has 1 fully saturated rings. The number of aromatic nitrogens is 2. The van der Waals surface area contributed by atoms with E-state index in [0.29, 0.717) is 18.0 Å². The second-order valence-corrected chi connectivity index (χ2v) is 6.80. The van der Waals surface area contributed by atoms with E-state index < -0.39 is 5.91 Å². The molecule has 2 amide bonds. The minimum Gasteiger partial charge on any atom is -0.368 e. The first-order valence-corrected chi connectivity index (χ1v) is 8.72. The molecule has 1 aromatic heterocycles. The third kappa shape index (κ3) is 4.39. The molecule has 6 nitrogen and oxygen atoms in total. The predicted molar refractivity (Wildman–Crippen MR) is 95.1 cm³/mol. The fraction of sp³-hybridized carbons (Fsp3) is 0.389. The molecular weight excluding hydrogens is 340 g/mol. The van der Waals surface area contributed by atoms with E-state index in [1.54, 1.807) is 23.0 Å². The molecule has 0 bridgehead atoms. The average Bonchev–Trinajstić information content (AvgIpc) is 3.02. The van der Waals surface area contributed by atoms with Crippen molar-refractivity contribution in [3.8, 4) is 0 Å². The zero-order chi connectivity index (χ0) is 17.8. The largest absolute Gasteiger partial charge is 0.368 e. The molecule has 3 rings (SSSR count). The Morgan fingerprint density at radius 2 is 2.20 bits per heavy atom. The Balaban J connectivity index is 1.68. The number of hydrogen-bond donors (Lipinski definition) is 1. The number of primary amides is 1. The van der Waals surface area contributed by atoms with Gasteiger partial charge in [0.25, 0.3) is 0 Å². The Morgan fingerprint density at radius 1 is 1.36 bits per heavy atom. The van der Waals surface area contributed by atoms with Crippen LogP contribution < -0.4 is 5.73 Å². The molecule has 7 heteroatoms. The van der Waals surface area contributed by atoms with Crippen LogP contribution in [0.25, 0.3) is 0 Å². The lowest BCUT2D eigenvalue weighted by atomic mass is 9.96. The van der Waals surface area contributed by atoms with Gasteiger partial charge in [-0.15, -0.1) is 0 Å². The summed E-state index contributed by atoms with van der Waals surface area (Å²) in [5.41, 5.74) is 6.20. The zero-order valence-corrected chi connectivity index (χ0v) is 14.7. The number of likely N-dealkylation sites (tertiary alicyclic amines) is 1. The van der Waals surface area contributed by atoms with Crippen LogP contribution in [0.3, 0.4) is 0 Å². The number of amides is 2. The van der Waals surface area contributed by atoms with Crippen molar-refractivity contribution in [2.24, 2.45) is 5.73 Å². The Morgan fingerprint density at radius 3 is 2.96 bits per heavy atom. The van der Waals surface area contributed by atoms with Gasteiger partial charge in [0.2, 0.25) is 11.8 Å². The van der Waals surface area contributed by atoms with Crippen LogP contribution in [0, 0.1) is 0 Å². The van der Waals surface area contributed by atoms with Crippen molar-refractivity contribution in [3.63, 3.8) is 0 Å². The van der Waals surface area contributed by atoms with E-state index in [9.17, 15) is 9.59 Å². The molecule has 1 atom stereocenters. The lowest BCUT2D eigenvalue weighted by Crippen LogP contribution is -2.40. The Hall–Kier alpha value is -2.34. The van der Waals surface area contributed by atoms with E-state index in [1.807, 2.05) is 23.1 Å². The van der Waals surface area contributed by atoms with Crippen molar-refractivity contribution in [1.29, 1.82) is 0 Å². The molecule has 25 heavy (non-hydrogen) atoms. The monoisotopic (exact) mass is 360 g/mol. The maximum absolute atomic E-state index is 12.6. The number of hydrogen-bond acceptors (Lipinski definition) is 3. The van der Waals surface area contributed by atoms with E-state index >= 15 is 0 Å². The smallest absolute Gasteiger partial charge is 0.237 e. The molecule has 2 N–H and O–H groups in total. The van der Waals surface area contributed by atoms with E-state index in [1.165, 1.54) is 0 Å². The molecule has 0 spiro atoms. The van der Waals surface area contributed by atoms with Crippen LogP contribution in [0.1, 0.15) is 30.1 Å². The summed E-state index contributed by atoms with van der Waals surface area (Å²) in [5.74, 6) is 0.620. The van der Waals surface area contributed by atoms with Gasteiger partial charge in [0.1, 0.15) is 12.4 Å². The summed E-state index contributed by atoms with van der Waals surface area (Å²) in [6.07, 6.45) is 5.62. The average molecular weight is 361 g/mol. The second kappa shape index (κ2) is 7.70. The first-order valence-electron chi connectivity index (χ1n) is 8.34. The number of carbonyl (C=O) groups is 2. The molecule has 2 heterocycles. The molecule has 0 unspecified atom stereocenters. The van der Waals surface area contributed by atoms with Gasteiger partial charge in [0.05, 0.1) is 6.42 Å². The first kappa shape index (κ1) is 17.5. The van der Waals surface area contributed by atoms with Gasteiger partial charge >= 0.3 is 0 Å². The van der Waals surface area contributed by atoms with Crippen LogP contribution in [0.5, 0.6) is 0 Å². The number of halogens is 1. The minimum atomic E-state index is -0.399. The van der Waals surface area contributed by atoms with Crippen molar-refractivity contribution >= 4 is 23.4 Å². The minimum absolute atomic E-state index is 0.0833. The first-order chi connectivity index (χ1) is 12.0. The predicted octanol–water partition coefficient (Wildman–Crippen LogP) is 1.97. The van der Waals surface area contributed by atoms with Crippen LogP contribution >= 0.6 is 11.6 Å². The van der Waals surface area contributed by atoms with E-state index in [2.05, 4.69) is 4.98 Å². The molecule has 0 saturated carbocycles. The number of piperidine rings is 1. The lowest BCUT2D eigenvalue weighted by molar-refractivity contribution is -0.131. The summed E-state index contributed by atoms with van der Waals surface area (Å²) in [6, 6.07) is 7.38. The fourth-order valence-electron chi connectivity index (χ4n) is 3.33. The quantitative estimate of drug-likeness (QED) is 0.885. The molecule has 1 aromatic carbocycles. The van der Waals surface area contributed by atoms with E-state index in [4.69, 9.17) is 17.3 Å². The van der Waals surface area contributed by atoms with Crippen molar-refractivity contribution in [1.82, 2.24) is 14.5 Å². The molecule has 0 radical (unpaired) electrons. The maximum Gasteiger partial charge on any atom is 0.237 e. The van der Waals surface area contributed by atoms with Gasteiger partial charge in [-0.2, -0.15) is 0 Å². The standard InChI is InChI=1S/C18H21ClN4O2/c19-15-5-1-3-13(9-15)10-17(25)22-7-2-4-14(11-22)18-21-6-8-23(18)12-16(20)24/h1,3,5-6,8-9,14H,2,4,7,10-12H2,(H2,20,24)/t14-/m0/s1. The van der Waals surface area contributed by atoms with Crippen LogP contribution in [0.4, 0.5) is 0 Å². The van der Waals surface area contributed by atoms with Crippen molar-refractivity contribution < 1.29 is 9.59 Å². The van der Waals surface area contributed by atoms with Crippen LogP contribution in [0.15, 0.2) is 36.7 Å². The highest BCUT2D eigenvalue weighted by Gasteiger charge is 2.27. The van der Waals surface area contributed by atoms with Crippen LogP contribution in [-0.2, 0) is 22.6 Å². The van der Waals surface area contributed by atoms with E-state index in [0.717, 1.165) is 30.8 Å². The summed E-state index contributed by atoms with van der Waals surface area (Å²) in [5, 5.41) is 0.635. The van der Waals surface area contributed by atoms with Gasteiger partial charge in [-0.1, -0.05) is 23.7 Å². The topological polar surface area (TPSA) is 81.2 Å². The summed E-state index contributed by atoms with van der Waals surface area (Å²) in [6.45, 7) is 1.46. The summed E-state index contributed by atoms with van der Waals surface area (Å²) in [4.78, 5) is 30.1. The molecule has 2 aromatic rings. The number of carbonyl (C=O) groups excluding carboxylic acids is 2. The van der Waals surface area contributed by atoms with Crippen molar-refractivity contribution in [3.05, 3.63) is 53.1 Å². The van der Waals surface area contributed by atoms with Gasteiger partial charge in [-0.3, -0.25) is 9.59 Å².